The molecule has 0 saturated carbocycles. The number of hydrogen-bond donors (Lipinski definition) is 1. The molecule has 0 aliphatic carbocycles. The van der Waals surface area contributed by atoms with E-state index in [1.54, 1.807) is 0 Å². The maximum atomic E-state index is 11.9. The molecule has 1 aromatic carbocycles. The second kappa shape index (κ2) is 7.78. The van der Waals surface area contributed by atoms with E-state index in [1.807, 2.05) is 35.2 Å². The highest BCUT2D eigenvalue weighted by Crippen LogP contribution is 2.11. The lowest BCUT2D eigenvalue weighted by Gasteiger charge is -2.16. The Morgan fingerprint density at radius 2 is 1.86 bits per heavy atom. The summed E-state index contributed by atoms with van der Waals surface area (Å²) in [6.45, 7) is 1.87. The lowest BCUT2D eigenvalue weighted by molar-refractivity contribution is -0.146. The van der Waals surface area contributed by atoms with Crippen LogP contribution in [0.4, 0.5) is 0 Å². The minimum atomic E-state index is -0.736. The molecule has 1 fully saturated rings. The van der Waals surface area contributed by atoms with Crippen molar-refractivity contribution in [2.75, 3.05) is 13.1 Å². The van der Waals surface area contributed by atoms with Crippen molar-refractivity contribution in [1.29, 1.82) is 0 Å². The second-order valence-corrected chi connectivity index (χ2v) is 5.33. The van der Waals surface area contributed by atoms with Crippen molar-refractivity contribution in [2.45, 2.75) is 38.3 Å². The molecular formula is C16H22N2O3. The Morgan fingerprint density at radius 3 is 2.52 bits per heavy atom. The van der Waals surface area contributed by atoms with Crippen molar-refractivity contribution >= 4 is 11.9 Å². The lowest BCUT2D eigenvalue weighted by atomic mass is 10.1. The fourth-order valence-electron chi connectivity index (χ4n) is 2.36. The Hall–Kier alpha value is -1.88. The largest absolute Gasteiger partial charge is 0.460 e. The Morgan fingerprint density at radius 1 is 1.19 bits per heavy atom. The van der Waals surface area contributed by atoms with Gasteiger partial charge in [-0.3, -0.25) is 9.59 Å². The van der Waals surface area contributed by atoms with Crippen molar-refractivity contribution < 1.29 is 14.3 Å². The zero-order valence-electron chi connectivity index (χ0n) is 12.2. The van der Waals surface area contributed by atoms with E-state index in [1.165, 1.54) is 0 Å². The molecule has 1 aliphatic rings. The number of esters is 1. The van der Waals surface area contributed by atoms with Crippen LogP contribution in [-0.2, 0) is 20.9 Å². The predicted molar refractivity (Wildman–Crippen MR) is 79.3 cm³/mol. The molecular weight excluding hydrogens is 268 g/mol. The average Bonchev–Trinajstić information content (AvgIpc) is 3.05. The number of carbonyl (C=O) groups excluding carboxylic acids is 2. The molecule has 1 heterocycles. The number of hydrogen-bond acceptors (Lipinski definition) is 4. The van der Waals surface area contributed by atoms with Crippen LogP contribution in [0.15, 0.2) is 30.3 Å². The molecule has 0 spiro atoms. The third-order valence-corrected chi connectivity index (χ3v) is 3.65. The van der Waals surface area contributed by atoms with Gasteiger partial charge >= 0.3 is 5.97 Å². The van der Waals surface area contributed by atoms with Crippen LogP contribution in [0.25, 0.3) is 0 Å². The zero-order chi connectivity index (χ0) is 15.1. The summed E-state index contributed by atoms with van der Waals surface area (Å²) < 4.78 is 5.16. The predicted octanol–water partition coefficient (Wildman–Crippen LogP) is 1.46. The first-order valence-corrected chi connectivity index (χ1v) is 7.41. The first-order valence-electron chi connectivity index (χ1n) is 7.41. The van der Waals surface area contributed by atoms with E-state index in [4.69, 9.17) is 10.5 Å². The van der Waals surface area contributed by atoms with Gasteiger partial charge in [0.25, 0.3) is 0 Å². The van der Waals surface area contributed by atoms with Crippen LogP contribution < -0.4 is 5.73 Å². The van der Waals surface area contributed by atoms with Crippen LogP contribution in [0, 0.1) is 0 Å². The third kappa shape index (κ3) is 4.86. The Kier molecular flexibility index (Phi) is 5.75. The molecule has 0 bridgehead atoms. The van der Waals surface area contributed by atoms with Crippen LogP contribution >= 0.6 is 0 Å². The first-order chi connectivity index (χ1) is 10.2. The number of nitrogens with zero attached hydrogens (tertiary/aromatic N) is 1. The molecule has 2 N–H and O–H groups in total. The van der Waals surface area contributed by atoms with Crippen LogP contribution in [0.5, 0.6) is 0 Å². The number of nitrogens with two attached hydrogens (primary N) is 1. The van der Waals surface area contributed by atoms with Crippen LogP contribution in [-0.4, -0.2) is 35.9 Å². The van der Waals surface area contributed by atoms with Crippen molar-refractivity contribution in [3.05, 3.63) is 35.9 Å². The summed E-state index contributed by atoms with van der Waals surface area (Å²) in [5.74, 6) is -0.369. The quantitative estimate of drug-likeness (QED) is 0.805. The average molecular weight is 290 g/mol. The molecule has 0 radical (unpaired) electrons. The molecule has 0 aromatic heterocycles. The van der Waals surface area contributed by atoms with E-state index in [0.29, 0.717) is 12.8 Å². The van der Waals surface area contributed by atoms with Gasteiger partial charge < -0.3 is 15.4 Å². The minimum absolute atomic E-state index is 0.0822. The number of rotatable bonds is 6. The first kappa shape index (κ1) is 15.5. The summed E-state index contributed by atoms with van der Waals surface area (Å²) in [5, 5.41) is 0. The van der Waals surface area contributed by atoms with Crippen LogP contribution in [0.1, 0.15) is 31.2 Å². The molecule has 1 aliphatic heterocycles. The number of ether oxygens (including phenoxy) is 1. The smallest absolute Gasteiger partial charge is 0.323 e. The maximum absolute atomic E-state index is 11.9. The van der Waals surface area contributed by atoms with Gasteiger partial charge in [-0.2, -0.15) is 0 Å². The Balaban J connectivity index is 1.68. The van der Waals surface area contributed by atoms with Crippen molar-refractivity contribution in [3.8, 4) is 0 Å². The molecule has 2 rings (SSSR count). The highest BCUT2D eigenvalue weighted by Gasteiger charge is 2.21. The molecule has 5 nitrogen and oxygen atoms in total. The standard InChI is InChI=1S/C16H22N2O3/c17-14(8-9-15(19)18-10-4-5-11-18)16(20)21-12-13-6-2-1-3-7-13/h1-3,6-7,14H,4-5,8-12,17H2/t14-/m1/s1. The molecule has 1 aromatic rings. The van der Waals surface area contributed by atoms with Gasteiger partial charge in [0.15, 0.2) is 0 Å². The normalized spacial score (nSPS) is 15.8. The number of benzene rings is 1. The summed E-state index contributed by atoms with van der Waals surface area (Å²) in [5.41, 5.74) is 6.71. The van der Waals surface area contributed by atoms with Crippen LogP contribution in [0.3, 0.4) is 0 Å². The lowest BCUT2D eigenvalue weighted by Crippen LogP contribution is -2.35. The minimum Gasteiger partial charge on any atom is -0.460 e. The summed E-state index contributed by atoms with van der Waals surface area (Å²) in [4.78, 5) is 25.5. The second-order valence-electron chi connectivity index (χ2n) is 5.33. The van der Waals surface area contributed by atoms with Crippen molar-refractivity contribution in [3.63, 3.8) is 0 Å². The monoisotopic (exact) mass is 290 g/mol. The van der Waals surface area contributed by atoms with Gasteiger partial charge in [-0.1, -0.05) is 30.3 Å². The summed E-state index contributed by atoms with van der Waals surface area (Å²) >= 11 is 0. The fourth-order valence-corrected chi connectivity index (χ4v) is 2.36. The highest BCUT2D eigenvalue weighted by atomic mass is 16.5. The summed E-state index contributed by atoms with van der Waals surface area (Å²) in [6.07, 6.45) is 2.78. The van der Waals surface area contributed by atoms with Gasteiger partial charge in [0.1, 0.15) is 12.6 Å². The van der Waals surface area contributed by atoms with E-state index >= 15 is 0 Å². The Labute approximate surface area is 125 Å². The number of amides is 1. The third-order valence-electron chi connectivity index (χ3n) is 3.65. The van der Waals surface area contributed by atoms with E-state index in [-0.39, 0.29) is 12.5 Å². The Bertz CT molecular complexity index is 470. The number of likely N-dealkylation sites (tertiary alicyclic amines) is 1. The molecule has 0 unspecified atom stereocenters. The SMILES string of the molecule is N[C@H](CCC(=O)N1CCCC1)C(=O)OCc1ccccc1. The van der Waals surface area contributed by atoms with Gasteiger partial charge in [0, 0.05) is 19.5 Å². The van der Waals surface area contributed by atoms with Gasteiger partial charge in [-0.05, 0) is 24.8 Å². The maximum Gasteiger partial charge on any atom is 0.323 e. The molecule has 1 amide bonds. The van der Waals surface area contributed by atoms with E-state index in [9.17, 15) is 9.59 Å². The zero-order valence-corrected chi connectivity index (χ0v) is 12.2. The van der Waals surface area contributed by atoms with Crippen molar-refractivity contribution in [1.82, 2.24) is 4.90 Å². The van der Waals surface area contributed by atoms with Gasteiger partial charge in [-0.25, -0.2) is 0 Å². The molecule has 1 saturated heterocycles. The summed E-state index contributed by atoms with van der Waals surface area (Å²) in [7, 11) is 0. The highest BCUT2D eigenvalue weighted by molar-refractivity contribution is 5.79. The van der Waals surface area contributed by atoms with E-state index in [2.05, 4.69) is 0 Å². The molecule has 5 heteroatoms. The topological polar surface area (TPSA) is 72.6 Å². The van der Waals surface area contributed by atoms with Gasteiger partial charge in [0.2, 0.25) is 5.91 Å². The van der Waals surface area contributed by atoms with E-state index in [0.717, 1.165) is 31.5 Å². The van der Waals surface area contributed by atoms with Crippen LogP contribution in [0.2, 0.25) is 0 Å². The number of carbonyl (C=O) groups is 2. The molecule has 114 valence electrons. The van der Waals surface area contributed by atoms with Crippen molar-refractivity contribution in [2.24, 2.45) is 5.73 Å². The molecule has 1 atom stereocenters. The molecule has 21 heavy (non-hydrogen) atoms. The van der Waals surface area contributed by atoms with Gasteiger partial charge in [-0.15, -0.1) is 0 Å². The van der Waals surface area contributed by atoms with E-state index < -0.39 is 12.0 Å². The fraction of sp³-hybridized carbons (Fsp3) is 0.500. The van der Waals surface area contributed by atoms with Gasteiger partial charge in [0.05, 0.1) is 0 Å². The summed E-state index contributed by atoms with van der Waals surface area (Å²) in [6, 6.07) is 8.71.